The summed E-state index contributed by atoms with van der Waals surface area (Å²) >= 11 is 0. The molecule has 0 aliphatic heterocycles. The van der Waals surface area contributed by atoms with Gasteiger partial charge in [-0.1, -0.05) is 0 Å². The van der Waals surface area contributed by atoms with Gasteiger partial charge in [0, 0.05) is 36.9 Å². The third-order valence-electron chi connectivity index (χ3n) is 0. The smallest absolute Gasteiger partial charge is 1.00 e. The minimum absolute atomic E-state index is 0. The van der Waals surface area contributed by atoms with Crippen LogP contribution in [-0.2, 0) is 16.5 Å². The summed E-state index contributed by atoms with van der Waals surface area (Å²) in [6.45, 7) is 0. The van der Waals surface area contributed by atoms with Gasteiger partial charge in [-0.2, -0.15) is 0 Å². The number of rotatable bonds is 0. The quantitative estimate of drug-likeness (QED) is 0.347. The SMILES string of the molecule is [Cl-].[Cl-].[N].[N].[N].[N].[N].[N].[Ni+2]. The third-order valence-corrected chi connectivity index (χ3v) is 0. The van der Waals surface area contributed by atoms with Crippen LogP contribution in [0.3, 0.4) is 0 Å². The van der Waals surface area contributed by atoms with Crippen molar-refractivity contribution in [2.24, 2.45) is 0 Å². The van der Waals surface area contributed by atoms with Crippen LogP contribution in [0.2, 0.25) is 0 Å². The van der Waals surface area contributed by atoms with Gasteiger partial charge in [-0.3, -0.25) is 0 Å². The molecule has 54 valence electrons. The fourth-order valence-corrected chi connectivity index (χ4v) is 0. The molecule has 0 heterocycles. The molecule has 0 saturated carbocycles. The molecule has 0 fully saturated rings. The second kappa shape index (κ2) is 780. The first-order chi connectivity index (χ1) is 0. The van der Waals surface area contributed by atoms with Crippen molar-refractivity contribution in [1.82, 2.24) is 36.9 Å². The number of hydrogen-bond acceptors (Lipinski definition) is 0. The summed E-state index contributed by atoms with van der Waals surface area (Å²) in [5, 5.41) is 0. The Morgan fingerprint density at radius 1 is 0.333 bits per heavy atom. The summed E-state index contributed by atoms with van der Waals surface area (Å²) in [5.41, 5.74) is 0. The summed E-state index contributed by atoms with van der Waals surface area (Å²) in [6, 6.07) is 0. The van der Waals surface area contributed by atoms with E-state index in [4.69, 9.17) is 0 Å². The molecule has 0 unspecified atom stereocenters. The first-order valence-corrected chi connectivity index (χ1v) is 0. The van der Waals surface area contributed by atoms with Gasteiger partial charge in [0.15, 0.2) is 0 Å². The van der Waals surface area contributed by atoms with E-state index in [1.807, 2.05) is 0 Å². The molecule has 0 N–H and O–H groups in total. The van der Waals surface area contributed by atoms with Crippen molar-refractivity contribution in [3.05, 3.63) is 0 Å². The Kier molecular flexibility index (Phi) is 95800. The van der Waals surface area contributed by atoms with Crippen LogP contribution in [0.4, 0.5) is 0 Å². The van der Waals surface area contributed by atoms with E-state index in [0.717, 1.165) is 0 Å². The van der Waals surface area contributed by atoms with E-state index in [1.165, 1.54) is 0 Å². The van der Waals surface area contributed by atoms with Crippen molar-refractivity contribution in [2.45, 2.75) is 0 Å². The van der Waals surface area contributed by atoms with E-state index < -0.39 is 0 Å². The molecule has 9 heavy (non-hydrogen) atoms. The zero-order valence-corrected chi connectivity index (χ0v) is 6.25. The molecular weight excluding hydrogens is 214 g/mol. The van der Waals surface area contributed by atoms with Gasteiger partial charge in [-0.15, -0.1) is 0 Å². The van der Waals surface area contributed by atoms with Crippen molar-refractivity contribution < 1.29 is 41.3 Å². The molecule has 0 spiro atoms. The molecular formula is Cl2N6Ni. The molecule has 0 aliphatic rings. The molecule has 0 aromatic carbocycles. The van der Waals surface area contributed by atoms with E-state index in [1.54, 1.807) is 0 Å². The minimum Gasteiger partial charge on any atom is -1.00 e. The molecule has 0 aromatic rings. The Morgan fingerprint density at radius 3 is 0.333 bits per heavy atom. The van der Waals surface area contributed by atoms with E-state index in [9.17, 15) is 0 Å². The van der Waals surface area contributed by atoms with Crippen molar-refractivity contribution in [3.8, 4) is 0 Å². The maximum Gasteiger partial charge on any atom is 2.00 e. The van der Waals surface area contributed by atoms with Crippen LogP contribution in [-0.4, -0.2) is 0 Å². The second-order valence-corrected chi connectivity index (χ2v) is 0. The zero-order chi connectivity index (χ0) is 0. The predicted molar refractivity (Wildman–Crippen MR) is 12.8 cm³/mol. The fraction of sp³-hybridized carbons (Fsp3) is 0. The number of nitrogens with zero attached hydrogens (tertiary/aromatic N) is 6. The van der Waals surface area contributed by atoms with E-state index in [-0.39, 0.29) is 78.2 Å². The van der Waals surface area contributed by atoms with Crippen LogP contribution in [0.5, 0.6) is 0 Å². The topological polar surface area (TPSA) is 183 Å². The molecule has 0 amide bonds. The van der Waals surface area contributed by atoms with E-state index >= 15 is 0 Å². The van der Waals surface area contributed by atoms with Crippen molar-refractivity contribution in [2.75, 3.05) is 0 Å². The Hall–Kier alpha value is 0.834. The molecule has 0 bridgehead atoms. The largest absolute Gasteiger partial charge is 2.00 e. The van der Waals surface area contributed by atoms with Gasteiger partial charge >= 0.3 is 16.5 Å². The summed E-state index contributed by atoms with van der Waals surface area (Å²) in [7, 11) is 0. The first kappa shape index (κ1) is 1100. The molecule has 6 nitrogen and oxygen atoms in total. The van der Waals surface area contributed by atoms with Crippen LogP contribution >= 0.6 is 0 Å². The maximum absolute atomic E-state index is 0. The first-order valence-electron chi connectivity index (χ1n) is 0. The molecule has 0 aromatic heterocycles. The Labute approximate surface area is 78.5 Å². The van der Waals surface area contributed by atoms with Crippen LogP contribution in [0.1, 0.15) is 0 Å². The second-order valence-electron chi connectivity index (χ2n) is 0. The van der Waals surface area contributed by atoms with Gasteiger partial charge in [0.2, 0.25) is 0 Å². The number of hydrogen-bond donors (Lipinski definition) is 0. The van der Waals surface area contributed by atoms with E-state index in [0.29, 0.717) is 0 Å². The third kappa shape index (κ3) is 594. The summed E-state index contributed by atoms with van der Waals surface area (Å²) < 4.78 is 0. The van der Waals surface area contributed by atoms with Gasteiger partial charge in [0.25, 0.3) is 0 Å². The van der Waals surface area contributed by atoms with Crippen LogP contribution in [0.25, 0.3) is 0 Å². The Balaban J connectivity index is 0. The van der Waals surface area contributed by atoms with Gasteiger partial charge in [-0.05, 0) is 0 Å². The Bertz CT molecular complexity index is 11.0. The molecule has 0 aliphatic carbocycles. The van der Waals surface area contributed by atoms with Crippen LogP contribution in [0, 0.1) is 0 Å². The normalized spacial score (nSPS) is 0. The van der Waals surface area contributed by atoms with Gasteiger partial charge in [0.05, 0.1) is 0 Å². The van der Waals surface area contributed by atoms with E-state index in [2.05, 4.69) is 0 Å². The number of halogens is 2. The standard InChI is InChI=1S/2ClH.6N.Ni/h2*1H;;;;;;;/q;;;;;;;;+2/p-2. The zero-order valence-electron chi connectivity index (χ0n) is 3.76. The summed E-state index contributed by atoms with van der Waals surface area (Å²) in [4.78, 5) is 0. The molecule has 0 saturated heterocycles. The average molecular weight is 214 g/mol. The van der Waals surface area contributed by atoms with Crippen LogP contribution < -0.4 is 61.7 Å². The Morgan fingerprint density at radius 2 is 0.333 bits per heavy atom. The van der Waals surface area contributed by atoms with Crippen molar-refractivity contribution in [3.63, 3.8) is 0 Å². The maximum atomic E-state index is 0. The van der Waals surface area contributed by atoms with Gasteiger partial charge in [-0.25, -0.2) is 0 Å². The average Bonchev–Trinajstić information content (AvgIpc) is 0. The molecule has 0 rings (SSSR count). The van der Waals surface area contributed by atoms with Crippen LogP contribution in [0.15, 0.2) is 0 Å². The minimum atomic E-state index is 0. The van der Waals surface area contributed by atoms with Crippen molar-refractivity contribution in [1.29, 1.82) is 0 Å². The fourth-order valence-electron chi connectivity index (χ4n) is 0. The predicted octanol–water partition coefficient (Wildman–Crippen LogP) is -8.88. The molecule has 0 atom stereocenters. The monoisotopic (exact) mass is 212 g/mol. The summed E-state index contributed by atoms with van der Waals surface area (Å²) in [5.74, 6) is 0. The van der Waals surface area contributed by atoms with Crippen molar-refractivity contribution >= 4 is 0 Å². The molecule has 18 radical (unpaired) electrons. The van der Waals surface area contributed by atoms with Gasteiger partial charge < -0.3 is 24.8 Å². The summed E-state index contributed by atoms with van der Waals surface area (Å²) in [6.07, 6.45) is 0. The van der Waals surface area contributed by atoms with Gasteiger partial charge in [0.1, 0.15) is 0 Å². The molecule has 9 heteroatoms.